The highest BCUT2D eigenvalue weighted by Gasteiger charge is 2.30. The molecule has 0 fully saturated rings. The standard InChI is InChI=1S/C15H15F3N4O3/c16-15(17,18)25-11-5-3-10(4-6-11)22-14(19)21-8-7-20-13(23)12-2-1-9-24-12/h1-6,9H,7-8H2,(H,20,23)(H3,19,21,22). The van der Waals surface area contributed by atoms with Crippen LogP contribution in [0.2, 0.25) is 0 Å². The minimum absolute atomic E-state index is 0.0525. The zero-order valence-electron chi connectivity index (χ0n) is 12.8. The van der Waals surface area contributed by atoms with E-state index < -0.39 is 6.36 Å². The molecule has 1 aromatic heterocycles. The quantitative estimate of drug-likeness (QED) is 0.419. The Morgan fingerprint density at radius 3 is 2.56 bits per heavy atom. The largest absolute Gasteiger partial charge is 0.573 e. The summed E-state index contributed by atoms with van der Waals surface area (Å²) in [6, 6.07) is 8.14. The monoisotopic (exact) mass is 356 g/mol. The van der Waals surface area contributed by atoms with Gasteiger partial charge >= 0.3 is 6.36 Å². The Kier molecular flexibility index (Phi) is 5.88. The Morgan fingerprint density at radius 1 is 1.24 bits per heavy atom. The van der Waals surface area contributed by atoms with Gasteiger partial charge in [-0.2, -0.15) is 0 Å². The predicted octanol–water partition coefficient (Wildman–Crippen LogP) is 2.33. The second-order valence-electron chi connectivity index (χ2n) is 4.70. The zero-order chi connectivity index (χ0) is 18.3. The van der Waals surface area contributed by atoms with E-state index in [1.54, 1.807) is 6.07 Å². The summed E-state index contributed by atoms with van der Waals surface area (Å²) < 4.78 is 44.9. The topological polar surface area (TPSA) is 102 Å². The molecule has 1 heterocycles. The Balaban J connectivity index is 1.76. The molecule has 2 rings (SSSR count). The first kappa shape index (κ1) is 18.2. The van der Waals surface area contributed by atoms with Gasteiger partial charge in [0.25, 0.3) is 5.91 Å². The number of amides is 1. The third-order valence-electron chi connectivity index (χ3n) is 2.78. The molecule has 0 saturated carbocycles. The summed E-state index contributed by atoms with van der Waals surface area (Å²) >= 11 is 0. The van der Waals surface area contributed by atoms with E-state index in [4.69, 9.17) is 10.2 Å². The summed E-state index contributed by atoms with van der Waals surface area (Å²) in [5, 5.41) is 5.29. The van der Waals surface area contributed by atoms with Gasteiger partial charge in [-0.25, -0.2) is 0 Å². The van der Waals surface area contributed by atoms with Gasteiger partial charge in [0.2, 0.25) is 0 Å². The summed E-state index contributed by atoms with van der Waals surface area (Å²) in [5.41, 5.74) is 6.09. The summed E-state index contributed by atoms with van der Waals surface area (Å²) in [4.78, 5) is 15.6. The first-order valence-electron chi connectivity index (χ1n) is 7.08. The number of hydrogen-bond donors (Lipinski definition) is 3. The number of guanidine groups is 1. The Labute approximate surface area is 140 Å². The molecule has 0 atom stereocenters. The minimum Gasteiger partial charge on any atom is -0.459 e. The summed E-state index contributed by atoms with van der Waals surface area (Å²) in [5.74, 6) is -0.464. The van der Waals surface area contributed by atoms with Gasteiger partial charge in [-0.3, -0.25) is 9.79 Å². The molecular formula is C15H15F3N4O3. The highest BCUT2D eigenvalue weighted by Crippen LogP contribution is 2.23. The van der Waals surface area contributed by atoms with Crippen molar-refractivity contribution in [3.63, 3.8) is 0 Å². The molecule has 134 valence electrons. The van der Waals surface area contributed by atoms with Crippen LogP contribution >= 0.6 is 0 Å². The molecule has 0 unspecified atom stereocenters. The Bertz CT molecular complexity index is 713. The van der Waals surface area contributed by atoms with Crippen LogP contribution in [0.3, 0.4) is 0 Å². The lowest BCUT2D eigenvalue weighted by Gasteiger charge is -2.10. The number of rotatable bonds is 6. The van der Waals surface area contributed by atoms with E-state index in [9.17, 15) is 18.0 Å². The van der Waals surface area contributed by atoms with Crippen molar-refractivity contribution in [2.45, 2.75) is 6.36 Å². The average molecular weight is 356 g/mol. The number of benzene rings is 1. The number of furan rings is 1. The van der Waals surface area contributed by atoms with Gasteiger partial charge in [-0.05, 0) is 36.4 Å². The molecule has 0 aliphatic carbocycles. The molecular weight excluding hydrogens is 341 g/mol. The number of aliphatic imine (C=N–C) groups is 1. The molecule has 0 aliphatic rings. The number of anilines is 1. The lowest BCUT2D eigenvalue weighted by Crippen LogP contribution is -2.28. The van der Waals surface area contributed by atoms with E-state index in [-0.39, 0.29) is 36.5 Å². The summed E-state index contributed by atoms with van der Waals surface area (Å²) in [7, 11) is 0. The Morgan fingerprint density at radius 2 is 1.96 bits per heavy atom. The van der Waals surface area contributed by atoms with Crippen molar-refractivity contribution < 1.29 is 27.1 Å². The van der Waals surface area contributed by atoms with E-state index in [2.05, 4.69) is 20.4 Å². The molecule has 0 bridgehead atoms. The number of carbonyl (C=O) groups excluding carboxylic acids is 1. The van der Waals surface area contributed by atoms with Crippen LogP contribution in [-0.4, -0.2) is 31.3 Å². The van der Waals surface area contributed by atoms with Crippen molar-refractivity contribution in [1.29, 1.82) is 0 Å². The average Bonchev–Trinajstić information content (AvgIpc) is 3.06. The zero-order valence-corrected chi connectivity index (χ0v) is 12.8. The molecule has 1 aromatic carbocycles. The second kappa shape index (κ2) is 8.08. The molecule has 4 N–H and O–H groups in total. The lowest BCUT2D eigenvalue weighted by atomic mass is 10.3. The summed E-state index contributed by atoms with van der Waals surface area (Å²) in [6.07, 6.45) is -3.35. The first-order chi connectivity index (χ1) is 11.8. The van der Waals surface area contributed by atoms with E-state index in [0.717, 1.165) is 12.1 Å². The number of ether oxygens (including phenoxy) is 1. The third kappa shape index (κ3) is 6.45. The lowest BCUT2D eigenvalue weighted by molar-refractivity contribution is -0.274. The van der Waals surface area contributed by atoms with Crippen LogP contribution in [0.5, 0.6) is 5.75 Å². The number of alkyl halides is 3. The highest BCUT2D eigenvalue weighted by atomic mass is 19.4. The van der Waals surface area contributed by atoms with Crippen LogP contribution in [0.4, 0.5) is 18.9 Å². The maximum Gasteiger partial charge on any atom is 0.573 e. The van der Waals surface area contributed by atoms with Gasteiger partial charge in [0.1, 0.15) is 5.75 Å². The maximum atomic E-state index is 12.1. The van der Waals surface area contributed by atoms with Gasteiger partial charge in [-0.1, -0.05) is 0 Å². The van der Waals surface area contributed by atoms with Gasteiger partial charge in [0.05, 0.1) is 12.8 Å². The second-order valence-corrected chi connectivity index (χ2v) is 4.70. The van der Waals surface area contributed by atoms with Crippen LogP contribution in [0.1, 0.15) is 10.6 Å². The maximum absolute atomic E-state index is 12.1. The van der Waals surface area contributed by atoms with Crippen molar-refractivity contribution in [3.8, 4) is 5.75 Å². The number of halogens is 3. The van der Waals surface area contributed by atoms with E-state index >= 15 is 0 Å². The van der Waals surface area contributed by atoms with Crippen LogP contribution < -0.4 is 21.1 Å². The smallest absolute Gasteiger partial charge is 0.459 e. The van der Waals surface area contributed by atoms with Crippen LogP contribution in [0.15, 0.2) is 52.1 Å². The van der Waals surface area contributed by atoms with Crippen LogP contribution in [0.25, 0.3) is 0 Å². The van der Waals surface area contributed by atoms with Gasteiger partial charge in [0.15, 0.2) is 11.7 Å². The highest BCUT2D eigenvalue weighted by molar-refractivity contribution is 5.92. The van der Waals surface area contributed by atoms with Gasteiger partial charge < -0.3 is 25.5 Å². The van der Waals surface area contributed by atoms with Crippen LogP contribution in [-0.2, 0) is 0 Å². The fraction of sp³-hybridized carbons (Fsp3) is 0.200. The molecule has 2 aromatic rings. The first-order valence-corrected chi connectivity index (χ1v) is 7.08. The minimum atomic E-state index is -4.74. The number of nitrogens with zero attached hydrogens (tertiary/aromatic N) is 1. The molecule has 0 radical (unpaired) electrons. The summed E-state index contributed by atoms with van der Waals surface area (Å²) in [6.45, 7) is 0.445. The molecule has 7 nitrogen and oxygen atoms in total. The predicted molar refractivity (Wildman–Crippen MR) is 84.3 cm³/mol. The fourth-order valence-electron chi connectivity index (χ4n) is 1.77. The number of nitrogens with one attached hydrogen (secondary N) is 2. The SMILES string of the molecule is NC(=NCCNC(=O)c1ccco1)Nc1ccc(OC(F)(F)F)cc1. The van der Waals surface area contributed by atoms with Crippen molar-refractivity contribution in [2.24, 2.45) is 10.7 Å². The normalized spacial score (nSPS) is 11.9. The molecule has 10 heteroatoms. The van der Waals surface area contributed by atoms with Crippen molar-refractivity contribution in [2.75, 3.05) is 18.4 Å². The Hall–Kier alpha value is -3.17. The van der Waals surface area contributed by atoms with E-state index in [1.807, 2.05) is 0 Å². The molecule has 0 spiro atoms. The number of carbonyl (C=O) groups is 1. The van der Waals surface area contributed by atoms with Gasteiger partial charge in [-0.15, -0.1) is 13.2 Å². The number of nitrogens with two attached hydrogens (primary N) is 1. The van der Waals surface area contributed by atoms with Crippen LogP contribution in [0, 0.1) is 0 Å². The third-order valence-corrected chi connectivity index (χ3v) is 2.78. The number of hydrogen-bond acceptors (Lipinski definition) is 4. The van der Waals surface area contributed by atoms with Crippen molar-refractivity contribution >= 4 is 17.6 Å². The van der Waals surface area contributed by atoms with Crippen molar-refractivity contribution in [1.82, 2.24) is 5.32 Å². The molecule has 25 heavy (non-hydrogen) atoms. The van der Waals surface area contributed by atoms with Gasteiger partial charge in [0, 0.05) is 12.2 Å². The molecule has 0 saturated heterocycles. The molecule has 0 aliphatic heterocycles. The van der Waals surface area contributed by atoms with E-state index in [0.29, 0.717) is 5.69 Å². The fourth-order valence-corrected chi connectivity index (χ4v) is 1.77. The molecule has 1 amide bonds. The van der Waals surface area contributed by atoms with E-state index in [1.165, 1.54) is 24.5 Å². The van der Waals surface area contributed by atoms with Crippen molar-refractivity contribution in [3.05, 3.63) is 48.4 Å².